The van der Waals surface area contributed by atoms with Gasteiger partial charge in [-0.3, -0.25) is 14.3 Å². The Morgan fingerprint density at radius 1 is 1.48 bits per heavy atom. The van der Waals surface area contributed by atoms with Gasteiger partial charge in [0.05, 0.1) is 9.82 Å². The Balaban J connectivity index is 3.17. The third kappa shape index (κ3) is 4.29. The average molecular weight is 338 g/mol. The summed E-state index contributed by atoms with van der Waals surface area (Å²) in [5, 5.41) is 10.3. The Morgan fingerprint density at radius 3 is 2.52 bits per heavy atom. The van der Waals surface area contributed by atoms with Gasteiger partial charge in [0.15, 0.2) is 0 Å². The van der Waals surface area contributed by atoms with E-state index in [4.69, 9.17) is 0 Å². The molecule has 0 aliphatic heterocycles. The summed E-state index contributed by atoms with van der Waals surface area (Å²) in [5.41, 5.74) is -0.857. The highest BCUT2D eigenvalue weighted by Gasteiger charge is 2.24. The predicted octanol–water partition coefficient (Wildman–Crippen LogP) is 1.09. The van der Waals surface area contributed by atoms with Crippen molar-refractivity contribution in [3.8, 4) is 0 Å². The van der Waals surface area contributed by atoms with E-state index in [1.807, 2.05) is 0 Å². The number of nitro groups is 1. The van der Waals surface area contributed by atoms with Gasteiger partial charge in [-0.15, -0.1) is 0 Å². The molecule has 1 rings (SSSR count). The van der Waals surface area contributed by atoms with Crippen LogP contribution in [0, 0.1) is 22.9 Å². The van der Waals surface area contributed by atoms with Crippen molar-refractivity contribution in [2.24, 2.45) is 0 Å². The lowest BCUT2D eigenvalue weighted by molar-refractivity contribution is -0.387. The van der Waals surface area contributed by atoms with E-state index in [1.165, 1.54) is 13.2 Å². The van der Waals surface area contributed by atoms with Gasteiger partial charge in [0, 0.05) is 34.9 Å². The van der Waals surface area contributed by atoms with Crippen molar-refractivity contribution >= 4 is 26.5 Å². The second kappa shape index (κ2) is 6.58. The Bertz CT molecular complexity index is 690. The molecule has 10 heteroatoms. The molecule has 0 saturated carbocycles. The zero-order valence-corrected chi connectivity index (χ0v) is 13.3. The summed E-state index contributed by atoms with van der Waals surface area (Å²) >= 11 is 0. The lowest BCUT2D eigenvalue weighted by Crippen LogP contribution is -2.33. The number of nitrogens with zero attached hydrogens (tertiary/aromatic N) is 1. The minimum absolute atomic E-state index is 0.0517. The van der Waals surface area contributed by atoms with Crippen LogP contribution in [0.5, 0.6) is 0 Å². The van der Waals surface area contributed by atoms with Crippen molar-refractivity contribution in [2.75, 3.05) is 12.8 Å². The topological polar surface area (TPSA) is 106 Å². The largest absolute Gasteiger partial charge is 0.306 e. The zero-order valence-electron chi connectivity index (χ0n) is 11.6. The van der Waals surface area contributed by atoms with Crippen LogP contribution in [-0.4, -0.2) is 35.6 Å². The highest BCUT2D eigenvalue weighted by atomic mass is 32.2. The standard InChI is InChI=1S/C11H15FN2O5S2/c1-7-4-9(12)10(14(15)16)5-11(7)21(18,19)13-6-8(2)20(3)17/h4-5,8,13H,6H2,1-3H3. The van der Waals surface area contributed by atoms with Gasteiger partial charge in [-0.25, -0.2) is 13.1 Å². The van der Waals surface area contributed by atoms with Crippen molar-refractivity contribution in [3.05, 3.63) is 33.6 Å². The number of hydrogen-bond acceptors (Lipinski definition) is 5. The van der Waals surface area contributed by atoms with Gasteiger partial charge in [-0.2, -0.15) is 4.39 Å². The van der Waals surface area contributed by atoms with E-state index in [2.05, 4.69) is 4.72 Å². The molecule has 1 aromatic carbocycles. The van der Waals surface area contributed by atoms with Crippen LogP contribution in [0.4, 0.5) is 10.1 Å². The number of sulfonamides is 1. The monoisotopic (exact) mass is 338 g/mol. The van der Waals surface area contributed by atoms with Crippen LogP contribution in [0.1, 0.15) is 12.5 Å². The smallest absolute Gasteiger partial charge is 0.260 e. The number of aryl methyl sites for hydroxylation is 1. The Morgan fingerprint density at radius 2 is 2.05 bits per heavy atom. The number of rotatable bonds is 6. The Kier molecular flexibility index (Phi) is 5.54. The molecule has 0 bridgehead atoms. The highest BCUT2D eigenvalue weighted by Crippen LogP contribution is 2.25. The summed E-state index contributed by atoms with van der Waals surface area (Å²) in [6.07, 6.45) is 1.44. The first-order valence-corrected chi connectivity index (χ1v) is 8.93. The molecule has 0 spiro atoms. The van der Waals surface area contributed by atoms with Crippen molar-refractivity contribution in [1.82, 2.24) is 4.72 Å². The fourth-order valence-corrected chi connectivity index (χ4v) is 3.29. The van der Waals surface area contributed by atoms with E-state index >= 15 is 0 Å². The van der Waals surface area contributed by atoms with Gasteiger partial charge in [-0.05, 0) is 25.5 Å². The maximum atomic E-state index is 13.4. The minimum Gasteiger partial charge on any atom is -0.260 e. The second-order valence-electron chi connectivity index (χ2n) is 4.49. The number of benzene rings is 1. The molecule has 0 heterocycles. The molecule has 2 unspecified atom stereocenters. The van der Waals surface area contributed by atoms with Crippen LogP contribution in [-0.2, 0) is 20.8 Å². The molecule has 0 radical (unpaired) electrons. The number of nitrogens with one attached hydrogen (secondary N) is 1. The molecular formula is C11H15FN2O5S2. The third-order valence-corrected chi connectivity index (χ3v) is 5.72. The number of hydrogen-bond donors (Lipinski definition) is 1. The normalized spacial score (nSPS) is 14.7. The average Bonchev–Trinajstić information content (AvgIpc) is 2.34. The summed E-state index contributed by atoms with van der Waals surface area (Å²) in [7, 11) is -5.27. The highest BCUT2D eigenvalue weighted by molar-refractivity contribution is 7.89. The summed E-state index contributed by atoms with van der Waals surface area (Å²) < 4.78 is 51.0. The van der Waals surface area contributed by atoms with Crippen LogP contribution in [0.15, 0.2) is 17.0 Å². The molecule has 7 nitrogen and oxygen atoms in total. The molecule has 1 aromatic rings. The number of nitro benzene ring substituents is 1. The Hall–Kier alpha value is -1.39. The number of halogens is 1. The van der Waals surface area contributed by atoms with Crippen LogP contribution < -0.4 is 4.72 Å². The fraction of sp³-hybridized carbons (Fsp3) is 0.455. The van der Waals surface area contributed by atoms with Gasteiger partial charge in [0.1, 0.15) is 0 Å². The van der Waals surface area contributed by atoms with Gasteiger partial charge >= 0.3 is 5.69 Å². The minimum atomic E-state index is -4.05. The lowest BCUT2D eigenvalue weighted by Gasteiger charge is -2.12. The van der Waals surface area contributed by atoms with Crippen LogP contribution in [0.25, 0.3) is 0 Å². The molecule has 0 fully saturated rings. The molecule has 118 valence electrons. The first kappa shape index (κ1) is 17.7. The van der Waals surface area contributed by atoms with Crippen molar-refractivity contribution < 1.29 is 21.9 Å². The molecule has 2 atom stereocenters. The van der Waals surface area contributed by atoms with Crippen LogP contribution in [0.3, 0.4) is 0 Å². The SMILES string of the molecule is Cc1cc(F)c([N+](=O)[O-])cc1S(=O)(=O)NCC(C)S(C)=O. The van der Waals surface area contributed by atoms with Crippen molar-refractivity contribution in [3.63, 3.8) is 0 Å². The lowest BCUT2D eigenvalue weighted by atomic mass is 10.2. The summed E-state index contributed by atoms with van der Waals surface area (Å²) in [6.45, 7) is 2.84. The zero-order chi connectivity index (χ0) is 16.4. The van der Waals surface area contributed by atoms with Crippen molar-refractivity contribution in [2.45, 2.75) is 24.0 Å². The van der Waals surface area contributed by atoms with Crippen molar-refractivity contribution in [1.29, 1.82) is 0 Å². The van der Waals surface area contributed by atoms with Gasteiger partial charge in [-0.1, -0.05) is 0 Å². The van der Waals surface area contributed by atoms with Gasteiger partial charge in [0.2, 0.25) is 15.8 Å². The van der Waals surface area contributed by atoms with Gasteiger partial charge < -0.3 is 0 Å². The first-order valence-electron chi connectivity index (χ1n) is 5.82. The molecule has 0 aromatic heterocycles. The molecule has 21 heavy (non-hydrogen) atoms. The Labute approximate surface area is 124 Å². The molecule has 1 N–H and O–H groups in total. The van der Waals surface area contributed by atoms with Crippen LogP contribution >= 0.6 is 0 Å². The first-order chi connectivity index (χ1) is 9.56. The van der Waals surface area contributed by atoms with E-state index in [1.54, 1.807) is 6.92 Å². The molecule has 0 aliphatic carbocycles. The van der Waals surface area contributed by atoms with E-state index in [0.29, 0.717) is 6.07 Å². The predicted molar refractivity (Wildman–Crippen MR) is 76.5 cm³/mol. The molecule has 0 saturated heterocycles. The van der Waals surface area contributed by atoms with E-state index in [9.17, 15) is 27.1 Å². The maximum Gasteiger partial charge on any atom is 0.306 e. The quantitative estimate of drug-likeness (QED) is 0.617. The van der Waals surface area contributed by atoms with E-state index in [0.717, 1.165) is 6.07 Å². The summed E-state index contributed by atoms with van der Waals surface area (Å²) in [6, 6.07) is 1.48. The summed E-state index contributed by atoms with van der Waals surface area (Å²) in [5.74, 6) is -1.10. The third-order valence-electron chi connectivity index (χ3n) is 2.86. The van der Waals surface area contributed by atoms with Gasteiger partial charge in [0.25, 0.3) is 0 Å². The fourth-order valence-electron chi connectivity index (χ4n) is 1.49. The second-order valence-corrected chi connectivity index (χ2v) is 8.02. The maximum absolute atomic E-state index is 13.4. The van der Waals surface area contributed by atoms with E-state index < -0.39 is 42.5 Å². The molecular weight excluding hydrogens is 323 g/mol. The van der Waals surface area contributed by atoms with E-state index in [-0.39, 0.29) is 17.0 Å². The molecule has 0 amide bonds. The van der Waals surface area contributed by atoms with Crippen LogP contribution in [0.2, 0.25) is 0 Å². The molecule has 0 aliphatic rings. The summed E-state index contributed by atoms with van der Waals surface area (Å²) in [4.78, 5) is 9.32.